The summed E-state index contributed by atoms with van der Waals surface area (Å²) < 4.78 is 0. The van der Waals surface area contributed by atoms with Crippen LogP contribution in [0.1, 0.15) is 16.7 Å². The molecule has 0 saturated carbocycles. The quantitative estimate of drug-likeness (QED) is 0.667. The molecule has 2 aromatic carbocycles. The van der Waals surface area contributed by atoms with E-state index < -0.39 is 0 Å². The van der Waals surface area contributed by atoms with Crippen LogP contribution in [0.3, 0.4) is 0 Å². The van der Waals surface area contributed by atoms with Crippen LogP contribution in [0.4, 0.5) is 5.69 Å². The van der Waals surface area contributed by atoms with Crippen LogP contribution in [0.15, 0.2) is 46.6 Å². The first-order chi connectivity index (χ1) is 11.1. The largest absolute Gasteiger partial charge is 0.319 e. The maximum Gasteiger partial charge on any atom is 0.276 e. The topological polar surface area (TPSA) is 77.6 Å². The van der Waals surface area contributed by atoms with E-state index in [1.807, 2.05) is 6.07 Å². The Balaban J connectivity index is 1.90. The number of nitrogens with zero attached hydrogens (tertiary/aromatic N) is 3. The predicted octanol–water partition coefficient (Wildman–Crippen LogP) is 3.64. The molecule has 3 rings (SSSR count). The summed E-state index contributed by atoms with van der Waals surface area (Å²) in [5.74, 6) is -0.388. The number of carbonyl (C=O) groups is 1. The number of anilines is 1. The number of nitriles is 1. The fraction of sp³-hybridized carbons (Fsp3) is 0. The molecule has 0 bridgehead atoms. The minimum Gasteiger partial charge on any atom is -0.319 e. The van der Waals surface area contributed by atoms with Crippen LogP contribution in [0.25, 0.3) is 0 Å². The van der Waals surface area contributed by atoms with Crippen molar-refractivity contribution in [3.05, 3.63) is 63.1 Å². The Hall–Kier alpha value is -2.68. The van der Waals surface area contributed by atoms with Crippen LogP contribution in [0.5, 0.6) is 0 Å². The number of amides is 1. The molecule has 1 aliphatic rings. The molecular formula is C16H8Cl2N4O. The van der Waals surface area contributed by atoms with Crippen molar-refractivity contribution in [2.75, 3.05) is 5.32 Å². The summed E-state index contributed by atoms with van der Waals surface area (Å²) in [4.78, 5) is 12.0. The summed E-state index contributed by atoms with van der Waals surface area (Å²) >= 11 is 12.0. The Morgan fingerprint density at radius 3 is 2.61 bits per heavy atom. The van der Waals surface area contributed by atoms with Gasteiger partial charge in [0.15, 0.2) is 5.71 Å². The molecule has 1 heterocycles. The zero-order chi connectivity index (χ0) is 16.4. The van der Waals surface area contributed by atoms with E-state index in [2.05, 4.69) is 15.5 Å². The molecule has 0 aliphatic carbocycles. The molecule has 0 unspecified atom stereocenters. The molecule has 0 radical (unpaired) electrons. The average molecular weight is 343 g/mol. The number of carbonyl (C=O) groups excluding carboxylic acids is 1. The first-order valence-corrected chi connectivity index (χ1v) is 7.26. The summed E-state index contributed by atoms with van der Waals surface area (Å²) in [6.07, 6.45) is 1.49. The maximum atomic E-state index is 12.0. The van der Waals surface area contributed by atoms with Crippen LogP contribution in [0.2, 0.25) is 10.0 Å². The highest BCUT2D eigenvalue weighted by Crippen LogP contribution is 2.34. The van der Waals surface area contributed by atoms with Crippen LogP contribution in [-0.4, -0.2) is 17.8 Å². The fourth-order valence-electron chi connectivity index (χ4n) is 2.08. The Kier molecular flexibility index (Phi) is 4.11. The molecule has 0 saturated heterocycles. The second-order valence-corrected chi connectivity index (χ2v) is 5.53. The summed E-state index contributed by atoms with van der Waals surface area (Å²) in [5.41, 5.74) is 2.46. The third kappa shape index (κ3) is 3.09. The summed E-state index contributed by atoms with van der Waals surface area (Å²) in [5, 5.41) is 20.0. The van der Waals surface area contributed by atoms with E-state index in [1.54, 1.807) is 36.4 Å². The molecule has 0 aromatic heterocycles. The summed E-state index contributed by atoms with van der Waals surface area (Å²) in [6.45, 7) is 0. The van der Waals surface area contributed by atoms with Crippen molar-refractivity contribution in [1.82, 2.24) is 0 Å². The standard InChI is InChI=1S/C16H8Cl2N4O/c17-11-5-12-14(13(18)6-11)21-16(23)15(12)22-20-8-10-3-1-9(7-19)2-4-10/h1-6,8H,(H,21,22,23)/b20-8+. The molecule has 1 amide bonds. The van der Waals surface area contributed by atoms with Gasteiger partial charge in [0, 0.05) is 10.6 Å². The molecule has 0 atom stereocenters. The minimum atomic E-state index is -0.388. The zero-order valence-electron chi connectivity index (χ0n) is 11.5. The van der Waals surface area contributed by atoms with E-state index in [9.17, 15) is 4.79 Å². The minimum absolute atomic E-state index is 0.147. The molecule has 5 nitrogen and oxygen atoms in total. The number of hydrogen-bond donors (Lipinski definition) is 1. The van der Waals surface area contributed by atoms with Crippen molar-refractivity contribution in [3.63, 3.8) is 0 Å². The Bertz CT molecular complexity index is 896. The normalized spacial score (nSPS) is 14.8. The Labute approximate surface area is 141 Å². The molecular weight excluding hydrogens is 335 g/mol. The van der Waals surface area contributed by atoms with Gasteiger partial charge < -0.3 is 5.32 Å². The smallest absolute Gasteiger partial charge is 0.276 e. The molecule has 23 heavy (non-hydrogen) atoms. The Morgan fingerprint density at radius 2 is 1.91 bits per heavy atom. The SMILES string of the molecule is N#Cc1ccc(/C=N/N=C2\C(=O)Nc3c(Cl)cc(Cl)cc32)cc1. The van der Waals surface area contributed by atoms with E-state index in [0.717, 1.165) is 5.56 Å². The lowest BCUT2D eigenvalue weighted by Gasteiger charge is -2.00. The van der Waals surface area contributed by atoms with Gasteiger partial charge in [-0.1, -0.05) is 35.3 Å². The molecule has 1 aliphatic heterocycles. The number of benzene rings is 2. The van der Waals surface area contributed by atoms with Crippen molar-refractivity contribution in [2.24, 2.45) is 10.2 Å². The second-order valence-electron chi connectivity index (χ2n) is 4.69. The lowest BCUT2D eigenvalue weighted by atomic mass is 10.1. The van der Waals surface area contributed by atoms with Gasteiger partial charge >= 0.3 is 0 Å². The molecule has 2 aromatic rings. The van der Waals surface area contributed by atoms with Gasteiger partial charge in [-0.15, -0.1) is 5.10 Å². The first kappa shape index (κ1) is 15.2. The van der Waals surface area contributed by atoms with Crippen LogP contribution < -0.4 is 5.32 Å². The average Bonchev–Trinajstić information content (AvgIpc) is 2.85. The number of hydrogen-bond acceptors (Lipinski definition) is 4. The summed E-state index contributed by atoms with van der Waals surface area (Å²) in [6, 6.07) is 12.0. The van der Waals surface area contributed by atoms with Gasteiger partial charge in [0.1, 0.15) is 0 Å². The molecule has 0 spiro atoms. The van der Waals surface area contributed by atoms with Crippen molar-refractivity contribution in [2.45, 2.75) is 0 Å². The number of fused-ring (bicyclic) bond motifs is 1. The monoisotopic (exact) mass is 342 g/mol. The van der Waals surface area contributed by atoms with Crippen LogP contribution in [-0.2, 0) is 4.79 Å². The highest BCUT2D eigenvalue weighted by atomic mass is 35.5. The van der Waals surface area contributed by atoms with Crippen molar-refractivity contribution >= 4 is 46.7 Å². The zero-order valence-corrected chi connectivity index (χ0v) is 13.1. The van der Waals surface area contributed by atoms with E-state index in [4.69, 9.17) is 28.5 Å². The lowest BCUT2D eigenvalue weighted by Crippen LogP contribution is -2.13. The van der Waals surface area contributed by atoms with Gasteiger partial charge in [-0.3, -0.25) is 4.79 Å². The highest BCUT2D eigenvalue weighted by Gasteiger charge is 2.28. The third-order valence-corrected chi connectivity index (χ3v) is 3.68. The second kappa shape index (κ2) is 6.21. The first-order valence-electron chi connectivity index (χ1n) is 6.50. The van der Waals surface area contributed by atoms with Crippen molar-refractivity contribution < 1.29 is 4.79 Å². The van der Waals surface area contributed by atoms with Gasteiger partial charge in [0.05, 0.1) is 28.6 Å². The lowest BCUT2D eigenvalue weighted by molar-refractivity contribution is -0.110. The van der Waals surface area contributed by atoms with Crippen LogP contribution >= 0.6 is 23.2 Å². The molecule has 1 N–H and O–H groups in total. The number of rotatable bonds is 2. The fourth-order valence-corrected chi connectivity index (χ4v) is 2.62. The van der Waals surface area contributed by atoms with Crippen molar-refractivity contribution in [1.29, 1.82) is 5.26 Å². The number of nitrogens with one attached hydrogen (secondary N) is 1. The van der Waals surface area contributed by atoms with Gasteiger partial charge in [-0.05, 0) is 29.8 Å². The van der Waals surface area contributed by atoms with Crippen LogP contribution in [0, 0.1) is 11.3 Å². The van der Waals surface area contributed by atoms with Gasteiger partial charge in [-0.2, -0.15) is 10.4 Å². The maximum absolute atomic E-state index is 12.0. The molecule has 0 fully saturated rings. The van der Waals surface area contributed by atoms with E-state index in [-0.39, 0.29) is 11.6 Å². The Morgan fingerprint density at radius 1 is 1.17 bits per heavy atom. The third-order valence-electron chi connectivity index (χ3n) is 3.17. The highest BCUT2D eigenvalue weighted by molar-refractivity contribution is 6.56. The van der Waals surface area contributed by atoms with Gasteiger partial charge in [0.25, 0.3) is 5.91 Å². The number of halogens is 2. The summed E-state index contributed by atoms with van der Waals surface area (Å²) in [7, 11) is 0. The molecule has 7 heteroatoms. The van der Waals surface area contributed by atoms with E-state index in [1.165, 1.54) is 6.21 Å². The van der Waals surface area contributed by atoms with Gasteiger partial charge in [0.2, 0.25) is 0 Å². The predicted molar refractivity (Wildman–Crippen MR) is 90.4 cm³/mol. The van der Waals surface area contributed by atoms with E-state index in [0.29, 0.717) is 26.9 Å². The van der Waals surface area contributed by atoms with Gasteiger partial charge in [-0.25, -0.2) is 0 Å². The van der Waals surface area contributed by atoms with Crippen molar-refractivity contribution in [3.8, 4) is 6.07 Å². The molecule has 112 valence electrons. The van der Waals surface area contributed by atoms with E-state index >= 15 is 0 Å².